The maximum atomic E-state index is 12.4. The Hall–Kier alpha value is -3.13. The summed E-state index contributed by atoms with van der Waals surface area (Å²) in [7, 11) is 1.85. The monoisotopic (exact) mass is 350 g/mol. The van der Waals surface area contributed by atoms with E-state index in [9.17, 15) is 4.79 Å². The molecule has 25 heavy (non-hydrogen) atoms. The first-order chi connectivity index (χ1) is 12.1. The Bertz CT molecular complexity index is 1140. The van der Waals surface area contributed by atoms with Crippen LogP contribution in [0, 0.1) is 6.92 Å². The van der Waals surface area contributed by atoms with Crippen LogP contribution in [0.4, 0.5) is 0 Å². The van der Waals surface area contributed by atoms with Crippen molar-refractivity contribution in [2.45, 2.75) is 6.92 Å². The summed E-state index contributed by atoms with van der Waals surface area (Å²) < 4.78 is 3.48. The van der Waals surface area contributed by atoms with E-state index in [1.54, 1.807) is 21.5 Å². The molecule has 1 amide bonds. The van der Waals surface area contributed by atoms with Crippen LogP contribution >= 0.6 is 11.3 Å². The van der Waals surface area contributed by atoms with Crippen molar-refractivity contribution in [2.75, 3.05) is 0 Å². The van der Waals surface area contributed by atoms with Crippen molar-refractivity contribution in [3.63, 3.8) is 0 Å². The number of rotatable bonds is 2. The molecular formula is C17H14N6OS. The quantitative estimate of drug-likeness (QED) is 0.555. The molecule has 0 atom stereocenters. The van der Waals surface area contributed by atoms with Gasteiger partial charge in [-0.05, 0) is 25.1 Å². The van der Waals surface area contributed by atoms with E-state index in [4.69, 9.17) is 0 Å². The van der Waals surface area contributed by atoms with E-state index < -0.39 is 0 Å². The maximum absolute atomic E-state index is 12.4. The highest BCUT2D eigenvalue weighted by molar-refractivity contribution is 7.07. The van der Waals surface area contributed by atoms with Gasteiger partial charge in [-0.3, -0.25) is 4.79 Å². The summed E-state index contributed by atoms with van der Waals surface area (Å²) in [5.41, 5.74) is 1.88. The molecule has 4 aromatic heterocycles. The minimum Gasteiger partial charge on any atom is -0.327 e. The molecule has 0 bridgehead atoms. The van der Waals surface area contributed by atoms with Crippen molar-refractivity contribution in [1.29, 1.82) is 0 Å². The third-order valence-corrected chi connectivity index (χ3v) is 4.63. The molecule has 0 spiro atoms. The van der Waals surface area contributed by atoms with Crippen molar-refractivity contribution in [3.05, 3.63) is 64.3 Å². The van der Waals surface area contributed by atoms with Crippen LogP contribution in [-0.2, 0) is 7.05 Å². The summed E-state index contributed by atoms with van der Waals surface area (Å²) in [5.74, 6) is 0.361. The van der Waals surface area contributed by atoms with Gasteiger partial charge < -0.3 is 4.57 Å². The van der Waals surface area contributed by atoms with Crippen LogP contribution in [0.15, 0.2) is 53.2 Å². The van der Waals surface area contributed by atoms with Gasteiger partial charge in [-0.2, -0.15) is 14.8 Å². The summed E-state index contributed by atoms with van der Waals surface area (Å²) in [6.45, 7) is 1.88. The average molecular weight is 350 g/mol. The molecule has 0 aliphatic rings. The molecule has 4 rings (SSSR count). The topological polar surface area (TPSA) is 78.0 Å². The van der Waals surface area contributed by atoms with Crippen LogP contribution in [-0.4, -0.2) is 30.2 Å². The Kier molecular flexibility index (Phi) is 3.73. The summed E-state index contributed by atoms with van der Waals surface area (Å²) in [5, 5.41) is 7.19. The maximum Gasteiger partial charge on any atom is 0.281 e. The lowest BCUT2D eigenvalue weighted by Crippen LogP contribution is -2.12. The van der Waals surface area contributed by atoms with Gasteiger partial charge in [0.25, 0.3) is 5.91 Å². The van der Waals surface area contributed by atoms with Crippen molar-refractivity contribution in [2.24, 2.45) is 12.0 Å². The molecule has 0 fully saturated rings. The molecule has 0 aliphatic heterocycles. The zero-order valence-electron chi connectivity index (χ0n) is 13.6. The van der Waals surface area contributed by atoms with Crippen molar-refractivity contribution < 1.29 is 4.79 Å². The Morgan fingerprint density at radius 1 is 1.28 bits per heavy atom. The Morgan fingerprint density at radius 3 is 2.88 bits per heavy atom. The molecule has 124 valence electrons. The number of hydrogen-bond acceptors (Lipinski definition) is 5. The first kappa shape index (κ1) is 15.4. The van der Waals surface area contributed by atoms with E-state index >= 15 is 0 Å². The van der Waals surface area contributed by atoms with Gasteiger partial charge in [0.2, 0.25) is 0 Å². The SMILES string of the molecule is Cc1nn(-c2ccccn2)c2ncc(C(=O)N=c3sccn3C)cc12. The zero-order valence-corrected chi connectivity index (χ0v) is 14.4. The highest BCUT2D eigenvalue weighted by Gasteiger charge is 2.14. The van der Waals surface area contributed by atoms with Crippen LogP contribution in [0.25, 0.3) is 16.9 Å². The summed E-state index contributed by atoms with van der Waals surface area (Å²) >= 11 is 1.41. The van der Waals surface area contributed by atoms with Crippen LogP contribution in [0.2, 0.25) is 0 Å². The fourth-order valence-corrected chi connectivity index (χ4v) is 3.21. The number of carbonyl (C=O) groups excluding carboxylic acids is 1. The highest BCUT2D eigenvalue weighted by Crippen LogP contribution is 2.20. The van der Waals surface area contributed by atoms with Crippen LogP contribution < -0.4 is 4.80 Å². The standard InChI is InChI=1S/C17H14N6OS/c1-11-13-9-12(16(24)20-17-22(2)7-8-25-17)10-19-15(13)23(21-11)14-5-3-4-6-18-14/h3-10H,1-2H3. The number of amides is 1. The molecule has 0 aromatic carbocycles. The minimum absolute atomic E-state index is 0.322. The van der Waals surface area contributed by atoms with Crippen molar-refractivity contribution in [3.8, 4) is 5.82 Å². The average Bonchev–Trinajstić information content (AvgIpc) is 3.19. The van der Waals surface area contributed by atoms with Gasteiger partial charge in [-0.1, -0.05) is 6.07 Å². The predicted molar refractivity (Wildman–Crippen MR) is 94.6 cm³/mol. The van der Waals surface area contributed by atoms with Gasteiger partial charge in [-0.25, -0.2) is 9.97 Å². The molecule has 0 saturated carbocycles. The lowest BCUT2D eigenvalue weighted by atomic mass is 10.2. The molecule has 7 nitrogen and oxygen atoms in total. The molecule has 0 N–H and O–H groups in total. The first-order valence-corrected chi connectivity index (χ1v) is 8.47. The van der Waals surface area contributed by atoms with Crippen LogP contribution in [0.1, 0.15) is 16.1 Å². The van der Waals surface area contributed by atoms with E-state index in [0.717, 1.165) is 11.1 Å². The van der Waals surface area contributed by atoms with E-state index in [1.807, 2.05) is 43.7 Å². The largest absolute Gasteiger partial charge is 0.327 e. The Balaban J connectivity index is 1.81. The second-order valence-corrected chi connectivity index (χ2v) is 6.37. The van der Waals surface area contributed by atoms with E-state index in [2.05, 4.69) is 20.1 Å². The van der Waals surface area contributed by atoms with Gasteiger partial charge in [0.05, 0.1) is 11.3 Å². The molecule has 0 aliphatic carbocycles. The second kappa shape index (κ2) is 6.06. The smallest absolute Gasteiger partial charge is 0.281 e. The number of carbonyl (C=O) groups is 1. The third-order valence-electron chi connectivity index (χ3n) is 3.78. The van der Waals surface area contributed by atoms with Crippen LogP contribution in [0.3, 0.4) is 0 Å². The molecular weight excluding hydrogens is 336 g/mol. The fraction of sp³-hybridized carbons (Fsp3) is 0.118. The number of hydrogen-bond donors (Lipinski definition) is 0. The summed E-state index contributed by atoms with van der Waals surface area (Å²) in [6.07, 6.45) is 5.09. The van der Waals surface area contributed by atoms with Gasteiger partial charge in [0.1, 0.15) is 0 Å². The molecule has 4 aromatic rings. The lowest BCUT2D eigenvalue weighted by Gasteiger charge is -2.01. The van der Waals surface area contributed by atoms with Gasteiger partial charge in [-0.15, -0.1) is 11.3 Å². The van der Waals surface area contributed by atoms with Crippen molar-refractivity contribution in [1.82, 2.24) is 24.3 Å². The van der Waals surface area contributed by atoms with Gasteiger partial charge >= 0.3 is 0 Å². The first-order valence-electron chi connectivity index (χ1n) is 7.59. The molecule has 0 radical (unpaired) electrons. The predicted octanol–water partition coefficient (Wildman–Crippen LogP) is 2.27. The summed E-state index contributed by atoms with van der Waals surface area (Å²) in [4.78, 5) is 26.0. The number of nitrogens with zero attached hydrogens (tertiary/aromatic N) is 6. The van der Waals surface area contributed by atoms with E-state index in [-0.39, 0.29) is 5.91 Å². The number of thiazole rings is 1. The Morgan fingerprint density at radius 2 is 2.16 bits per heavy atom. The number of fused-ring (bicyclic) bond motifs is 1. The van der Waals surface area contributed by atoms with E-state index in [0.29, 0.717) is 21.8 Å². The number of aromatic nitrogens is 5. The van der Waals surface area contributed by atoms with Crippen LogP contribution in [0.5, 0.6) is 0 Å². The highest BCUT2D eigenvalue weighted by atomic mass is 32.1. The normalized spacial score (nSPS) is 12.0. The Labute approximate surface area is 146 Å². The molecule has 4 heterocycles. The lowest BCUT2D eigenvalue weighted by molar-refractivity contribution is 0.0997. The minimum atomic E-state index is -0.322. The molecule has 0 unspecified atom stereocenters. The number of pyridine rings is 2. The zero-order chi connectivity index (χ0) is 17.4. The van der Waals surface area contributed by atoms with E-state index in [1.165, 1.54) is 17.5 Å². The number of aryl methyl sites for hydroxylation is 2. The molecule has 8 heteroatoms. The fourth-order valence-electron chi connectivity index (χ4n) is 2.49. The van der Waals surface area contributed by atoms with Crippen molar-refractivity contribution >= 4 is 28.3 Å². The summed E-state index contributed by atoms with van der Waals surface area (Å²) in [6, 6.07) is 7.38. The second-order valence-electron chi connectivity index (χ2n) is 5.49. The van der Waals surface area contributed by atoms with Gasteiger partial charge in [0, 0.05) is 36.4 Å². The van der Waals surface area contributed by atoms with Gasteiger partial charge in [0.15, 0.2) is 16.3 Å². The third kappa shape index (κ3) is 2.76. The molecule has 0 saturated heterocycles.